The van der Waals surface area contributed by atoms with Crippen molar-refractivity contribution in [2.24, 2.45) is 5.92 Å². The van der Waals surface area contributed by atoms with Crippen LogP contribution in [0.4, 0.5) is 5.82 Å². The number of thioether (sulfide) groups is 1. The lowest BCUT2D eigenvalue weighted by atomic mass is 9.89. The fraction of sp³-hybridized carbons (Fsp3) is 0.333. The number of ether oxygens (including phenoxy) is 1. The van der Waals surface area contributed by atoms with Gasteiger partial charge in [-0.05, 0) is 42.9 Å². The van der Waals surface area contributed by atoms with Gasteiger partial charge in [-0.2, -0.15) is 0 Å². The first-order valence-electron chi connectivity index (χ1n) is 10.1. The Morgan fingerprint density at radius 1 is 1.26 bits per heavy atom. The summed E-state index contributed by atoms with van der Waals surface area (Å²) < 4.78 is 6.88. The molecule has 4 aromatic rings. The molecule has 3 heterocycles. The molecular weight excluding hydrogens is 430 g/mol. The lowest BCUT2D eigenvalue weighted by molar-refractivity contribution is 0.416. The van der Waals surface area contributed by atoms with E-state index in [9.17, 15) is 0 Å². The van der Waals surface area contributed by atoms with Crippen molar-refractivity contribution in [2.75, 3.05) is 18.7 Å². The summed E-state index contributed by atoms with van der Waals surface area (Å²) in [7, 11) is 1.62. The monoisotopic (exact) mass is 453 g/mol. The number of rotatable bonds is 5. The van der Waals surface area contributed by atoms with Gasteiger partial charge in [-0.25, -0.2) is 14.6 Å². The van der Waals surface area contributed by atoms with E-state index in [1.54, 1.807) is 18.4 Å². The lowest BCUT2D eigenvalue weighted by Gasteiger charge is -2.17. The van der Waals surface area contributed by atoms with Crippen molar-refractivity contribution in [3.63, 3.8) is 0 Å². The fourth-order valence-corrected chi connectivity index (χ4v) is 6.12. The Morgan fingerprint density at radius 2 is 2.10 bits per heavy atom. The van der Waals surface area contributed by atoms with Crippen molar-refractivity contribution in [1.29, 1.82) is 0 Å². The smallest absolute Gasteiger partial charge is 0.210 e. The highest BCUT2D eigenvalue weighted by Gasteiger charge is 2.23. The zero-order chi connectivity index (χ0) is 21.5. The van der Waals surface area contributed by atoms with E-state index >= 15 is 0 Å². The number of aromatic nitrogens is 5. The zero-order valence-electron chi connectivity index (χ0n) is 17.3. The first-order chi connectivity index (χ1) is 15.0. The van der Waals surface area contributed by atoms with Gasteiger partial charge in [-0.1, -0.05) is 30.8 Å². The van der Waals surface area contributed by atoms with Crippen molar-refractivity contribution in [3.05, 3.63) is 40.5 Å². The number of para-hydroxylation sites is 1. The number of thiophene rings is 1. The Balaban J connectivity index is 1.40. The lowest BCUT2D eigenvalue weighted by Crippen LogP contribution is -2.12. The predicted octanol–water partition coefficient (Wildman–Crippen LogP) is 3.67. The molecule has 1 aliphatic rings. The molecular formula is C21H23N7OS2. The molecule has 0 saturated carbocycles. The highest BCUT2D eigenvalue weighted by atomic mass is 32.2. The SMILES string of the molecule is COc1ccccc1-c1nnc(SCc2nc(N)c3c4c(sc3n2)CC(C)CC4)n1N. The van der Waals surface area contributed by atoms with Crippen LogP contribution in [0.15, 0.2) is 29.4 Å². The summed E-state index contributed by atoms with van der Waals surface area (Å²) in [5.41, 5.74) is 8.48. The molecule has 8 nitrogen and oxygen atoms in total. The number of benzene rings is 1. The molecule has 1 unspecified atom stereocenters. The summed E-state index contributed by atoms with van der Waals surface area (Å²) in [6.45, 7) is 2.30. The van der Waals surface area contributed by atoms with Gasteiger partial charge in [0, 0.05) is 4.88 Å². The number of nitrogen functional groups attached to an aromatic ring is 2. The molecule has 1 aromatic carbocycles. The van der Waals surface area contributed by atoms with Crippen LogP contribution in [-0.2, 0) is 18.6 Å². The van der Waals surface area contributed by atoms with Crippen LogP contribution in [0.5, 0.6) is 5.75 Å². The minimum Gasteiger partial charge on any atom is -0.496 e. The molecule has 160 valence electrons. The molecule has 3 aromatic heterocycles. The Morgan fingerprint density at radius 3 is 2.94 bits per heavy atom. The first-order valence-corrected chi connectivity index (χ1v) is 11.9. The summed E-state index contributed by atoms with van der Waals surface area (Å²) in [4.78, 5) is 11.7. The Hall–Kier alpha value is -2.85. The van der Waals surface area contributed by atoms with Gasteiger partial charge in [-0.15, -0.1) is 21.5 Å². The number of anilines is 1. The average Bonchev–Trinajstić information content (AvgIpc) is 3.31. The minimum absolute atomic E-state index is 0.500. The van der Waals surface area contributed by atoms with Crippen molar-refractivity contribution in [1.82, 2.24) is 24.8 Å². The zero-order valence-corrected chi connectivity index (χ0v) is 19.0. The number of methoxy groups -OCH3 is 1. The van der Waals surface area contributed by atoms with Crippen LogP contribution in [0.2, 0.25) is 0 Å². The van der Waals surface area contributed by atoms with E-state index < -0.39 is 0 Å². The van der Waals surface area contributed by atoms with Gasteiger partial charge in [0.2, 0.25) is 5.16 Å². The van der Waals surface area contributed by atoms with E-state index in [1.807, 2.05) is 24.3 Å². The largest absolute Gasteiger partial charge is 0.496 e. The van der Waals surface area contributed by atoms with Crippen LogP contribution in [0.3, 0.4) is 0 Å². The summed E-state index contributed by atoms with van der Waals surface area (Å²) in [5.74, 6) is 9.95. The molecule has 10 heteroatoms. The third-order valence-corrected chi connectivity index (χ3v) is 7.66. The van der Waals surface area contributed by atoms with Crippen molar-refractivity contribution >= 4 is 39.1 Å². The van der Waals surface area contributed by atoms with Crippen LogP contribution in [0, 0.1) is 5.92 Å². The van der Waals surface area contributed by atoms with E-state index in [2.05, 4.69) is 22.1 Å². The number of fused-ring (bicyclic) bond motifs is 3. The third kappa shape index (κ3) is 3.59. The molecule has 4 N–H and O–H groups in total. The van der Waals surface area contributed by atoms with Crippen molar-refractivity contribution in [2.45, 2.75) is 37.1 Å². The Labute approximate surface area is 188 Å². The van der Waals surface area contributed by atoms with Crippen molar-refractivity contribution < 1.29 is 4.74 Å². The molecule has 0 bridgehead atoms. The maximum atomic E-state index is 6.35. The summed E-state index contributed by atoms with van der Waals surface area (Å²) in [5, 5.41) is 10.1. The third-order valence-electron chi connectivity index (χ3n) is 5.57. The molecule has 5 rings (SSSR count). The maximum absolute atomic E-state index is 6.35. The number of hydrogen-bond acceptors (Lipinski definition) is 9. The highest BCUT2D eigenvalue weighted by Crippen LogP contribution is 2.39. The van der Waals surface area contributed by atoms with Crippen LogP contribution in [-0.4, -0.2) is 32.0 Å². The second-order valence-corrected chi connectivity index (χ2v) is 9.75. The standard InChI is InChI=1S/C21H23N7OS2/c1-11-7-8-13-15(9-11)31-20-17(13)18(22)24-16(25-20)10-30-21-27-26-19(28(21)23)12-5-3-4-6-14(12)29-2/h3-6,11H,7-10,23H2,1-2H3,(H2,22,24,25). The molecule has 0 spiro atoms. The number of hydrogen-bond donors (Lipinski definition) is 2. The van der Waals surface area contributed by atoms with Gasteiger partial charge < -0.3 is 16.3 Å². The quantitative estimate of drug-likeness (QED) is 0.347. The molecule has 1 aliphatic carbocycles. The van der Waals surface area contributed by atoms with Crippen LogP contribution in [0.25, 0.3) is 21.6 Å². The second-order valence-electron chi connectivity index (χ2n) is 7.72. The summed E-state index contributed by atoms with van der Waals surface area (Å²) >= 11 is 3.18. The second kappa shape index (κ2) is 8.01. The first kappa shape index (κ1) is 20.1. The fourth-order valence-electron chi connectivity index (χ4n) is 4.00. The van der Waals surface area contributed by atoms with Crippen molar-refractivity contribution in [3.8, 4) is 17.1 Å². The van der Waals surface area contributed by atoms with E-state index in [-0.39, 0.29) is 0 Å². The van der Waals surface area contributed by atoms with Crippen LogP contribution in [0.1, 0.15) is 29.6 Å². The minimum atomic E-state index is 0.500. The molecule has 0 saturated heterocycles. The molecule has 1 atom stereocenters. The van der Waals surface area contributed by atoms with Gasteiger partial charge in [0.1, 0.15) is 22.2 Å². The number of aryl methyl sites for hydroxylation is 1. The van der Waals surface area contributed by atoms with Gasteiger partial charge in [0.15, 0.2) is 5.82 Å². The van der Waals surface area contributed by atoms with Gasteiger partial charge in [-0.3, -0.25) is 0 Å². The van der Waals surface area contributed by atoms with E-state index in [0.717, 1.165) is 28.6 Å². The highest BCUT2D eigenvalue weighted by molar-refractivity contribution is 7.98. The topological polar surface area (TPSA) is 118 Å². The number of nitrogens with two attached hydrogens (primary N) is 2. The van der Waals surface area contributed by atoms with Gasteiger partial charge in [0.25, 0.3) is 0 Å². The maximum Gasteiger partial charge on any atom is 0.210 e. The average molecular weight is 454 g/mol. The normalized spacial score (nSPS) is 15.9. The van der Waals surface area contributed by atoms with E-state index in [1.165, 1.54) is 33.3 Å². The van der Waals surface area contributed by atoms with E-state index in [0.29, 0.717) is 40.0 Å². The molecule has 0 fully saturated rings. The molecule has 31 heavy (non-hydrogen) atoms. The van der Waals surface area contributed by atoms with Crippen LogP contribution >= 0.6 is 23.1 Å². The Bertz CT molecular complexity index is 1270. The summed E-state index contributed by atoms with van der Waals surface area (Å²) in [6.07, 6.45) is 3.35. The van der Waals surface area contributed by atoms with Crippen LogP contribution < -0.4 is 16.3 Å². The van der Waals surface area contributed by atoms with Gasteiger partial charge >= 0.3 is 0 Å². The number of nitrogens with zero attached hydrogens (tertiary/aromatic N) is 5. The summed E-state index contributed by atoms with van der Waals surface area (Å²) in [6, 6.07) is 7.57. The predicted molar refractivity (Wildman–Crippen MR) is 125 cm³/mol. The molecule has 0 aliphatic heterocycles. The molecule has 0 radical (unpaired) electrons. The van der Waals surface area contributed by atoms with Gasteiger partial charge in [0.05, 0.1) is 23.8 Å². The Kier molecular flexibility index (Phi) is 5.19. The molecule has 0 amide bonds. The van der Waals surface area contributed by atoms with E-state index in [4.69, 9.17) is 21.3 Å².